The maximum atomic E-state index is 5.60. The number of hydrogen-bond acceptors (Lipinski definition) is 3. The van der Waals surface area contributed by atoms with Crippen molar-refractivity contribution in [2.75, 3.05) is 6.61 Å². The van der Waals surface area contributed by atoms with Crippen molar-refractivity contribution in [1.29, 1.82) is 0 Å². The largest absolute Gasteiger partial charge is 0.357 e. The number of nitrogens with one attached hydrogen (secondary N) is 1. The van der Waals surface area contributed by atoms with Crippen LogP contribution in [0.4, 0.5) is 0 Å². The summed E-state index contributed by atoms with van der Waals surface area (Å²) < 4.78 is 5.60. The highest BCUT2D eigenvalue weighted by Gasteiger charge is 2.31. The summed E-state index contributed by atoms with van der Waals surface area (Å²) in [6, 6.07) is 3.94. The number of pyridine rings is 1. The Morgan fingerprint density at radius 3 is 2.86 bits per heavy atom. The molecule has 1 aliphatic rings. The molecule has 0 spiro atoms. The van der Waals surface area contributed by atoms with Crippen LogP contribution < -0.4 is 5.32 Å². The fraction of sp³-hybridized carbons (Fsp3) is 0.500. The average Bonchev–Trinajstić information content (AvgIpc) is 2.48. The molecule has 0 bridgehead atoms. The van der Waals surface area contributed by atoms with E-state index in [1.54, 1.807) is 6.20 Å². The molecule has 78 valence electrons. The molecule has 1 aliphatic heterocycles. The summed E-state index contributed by atoms with van der Waals surface area (Å²) in [4.78, 5) is 4.06. The second-order valence-electron chi connectivity index (χ2n) is 4.01. The van der Waals surface area contributed by atoms with Crippen LogP contribution in [0.3, 0.4) is 0 Å². The van der Waals surface area contributed by atoms with Crippen molar-refractivity contribution in [3.05, 3.63) is 30.1 Å². The number of nitrogens with zero attached hydrogens (tertiary/aromatic N) is 1. The average molecular weight is 215 g/mol. The summed E-state index contributed by atoms with van der Waals surface area (Å²) in [7, 11) is 0. The monoisotopic (exact) mass is 214 g/mol. The normalized spacial score (nSPS) is 24.3. The lowest BCUT2D eigenvalue weighted by molar-refractivity contribution is 0.0986. The van der Waals surface area contributed by atoms with Gasteiger partial charge in [-0.1, -0.05) is 6.07 Å². The third-order valence-electron chi connectivity index (χ3n) is 2.12. The zero-order valence-electron chi connectivity index (χ0n) is 8.36. The highest BCUT2D eigenvalue weighted by Crippen LogP contribution is 2.24. The molecule has 2 heterocycles. The van der Waals surface area contributed by atoms with Gasteiger partial charge in [0.05, 0.1) is 6.61 Å². The third-order valence-corrected chi connectivity index (χ3v) is 2.12. The number of aromatic nitrogens is 1. The van der Waals surface area contributed by atoms with E-state index in [9.17, 15) is 0 Å². The summed E-state index contributed by atoms with van der Waals surface area (Å²) in [5.41, 5.74) is 1.16. The van der Waals surface area contributed by atoms with E-state index in [0.717, 1.165) is 12.2 Å². The lowest BCUT2D eigenvalue weighted by Crippen LogP contribution is -2.35. The Hall–Kier alpha value is -0.640. The van der Waals surface area contributed by atoms with Gasteiger partial charge < -0.3 is 4.74 Å². The third kappa shape index (κ3) is 2.44. The van der Waals surface area contributed by atoms with E-state index in [4.69, 9.17) is 4.74 Å². The Morgan fingerprint density at radius 1 is 1.57 bits per heavy atom. The number of rotatable bonds is 1. The summed E-state index contributed by atoms with van der Waals surface area (Å²) in [5.74, 6) is 0. The van der Waals surface area contributed by atoms with E-state index >= 15 is 0 Å². The molecule has 0 aromatic carbocycles. The van der Waals surface area contributed by atoms with Crippen molar-refractivity contribution in [1.82, 2.24) is 10.3 Å². The first-order valence-electron chi connectivity index (χ1n) is 4.47. The number of hydrogen-bond donors (Lipinski definition) is 1. The van der Waals surface area contributed by atoms with E-state index in [0.29, 0.717) is 0 Å². The van der Waals surface area contributed by atoms with Gasteiger partial charge in [-0.3, -0.25) is 10.3 Å². The van der Waals surface area contributed by atoms with Crippen LogP contribution in [-0.2, 0) is 4.74 Å². The molecule has 14 heavy (non-hydrogen) atoms. The molecule has 1 atom stereocenters. The molecule has 1 N–H and O–H groups in total. The van der Waals surface area contributed by atoms with Crippen LogP contribution in [0.5, 0.6) is 0 Å². The zero-order chi connectivity index (χ0) is 9.31. The maximum Gasteiger partial charge on any atom is 0.136 e. The minimum Gasteiger partial charge on any atom is -0.357 e. The van der Waals surface area contributed by atoms with Crippen LogP contribution in [0.25, 0.3) is 0 Å². The van der Waals surface area contributed by atoms with Crippen molar-refractivity contribution in [3.63, 3.8) is 0 Å². The molecule has 4 heteroatoms. The van der Waals surface area contributed by atoms with E-state index < -0.39 is 0 Å². The highest BCUT2D eigenvalue weighted by atomic mass is 35.5. The molecular weight excluding hydrogens is 200 g/mol. The summed E-state index contributed by atoms with van der Waals surface area (Å²) in [5, 5.41) is 3.38. The molecule has 1 fully saturated rings. The molecule has 3 nitrogen and oxygen atoms in total. The number of ether oxygens (including phenoxy) is 1. The molecule has 0 radical (unpaired) electrons. The highest BCUT2D eigenvalue weighted by molar-refractivity contribution is 5.85. The zero-order valence-corrected chi connectivity index (χ0v) is 9.17. The van der Waals surface area contributed by atoms with Crippen molar-refractivity contribution < 1.29 is 4.74 Å². The lowest BCUT2D eigenvalue weighted by atomic mass is 10.1. The van der Waals surface area contributed by atoms with Crippen LogP contribution in [0, 0.1) is 0 Å². The van der Waals surface area contributed by atoms with Gasteiger partial charge in [0.2, 0.25) is 0 Å². The van der Waals surface area contributed by atoms with Gasteiger partial charge in [-0.25, -0.2) is 0 Å². The van der Waals surface area contributed by atoms with Crippen molar-refractivity contribution in [2.45, 2.75) is 25.6 Å². The van der Waals surface area contributed by atoms with Crippen LogP contribution >= 0.6 is 12.4 Å². The first-order valence-corrected chi connectivity index (χ1v) is 4.47. The topological polar surface area (TPSA) is 34.1 Å². The maximum absolute atomic E-state index is 5.60. The molecule has 1 aromatic heterocycles. The van der Waals surface area contributed by atoms with Gasteiger partial charge in [0.25, 0.3) is 0 Å². The van der Waals surface area contributed by atoms with Crippen molar-refractivity contribution in [3.8, 4) is 0 Å². The molecular formula is C10H15ClN2O. The number of halogens is 1. The molecule has 0 aliphatic carbocycles. The molecule has 0 saturated carbocycles. The van der Waals surface area contributed by atoms with E-state index in [2.05, 4.69) is 24.1 Å². The van der Waals surface area contributed by atoms with Crippen LogP contribution in [0.15, 0.2) is 24.5 Å². The summed E-state index contributed by atoms with van der Waals surface area (Å²) >= 11 is 0. The van der Waals surface area contributed by atoms with Gasteiger partial charge in [-0.2, -0.15) is 0 Å². The molecule has 1 unspecified atom stereocenters. The lowest BCUT2D eigenvalue weighted by Gasteiger charge is -2.16. The van der Waals surface area contributed by atoms with Crippen LogP contribution in [-0.4, -0.2) is 17.1 Å². The van der Waals surface area contributed by atoms with E-state index in [1.807, 2.05) is 18.3 Å². The molecule has 1 saturated heterocycles. The first-order chi connectivity index (χ1) is 6.17. The van der Waals surface area contributed by atoms with Crippen LogP contribution in [0.1, 0.15) is 25.6 Å². The Bertz CT molecular complexity index is 289. The minimum atomic E-state index is 0. The Labute approximate surface area is 90.3 Å². The van der Waals surface area contributed by atoms with Crippen LogP contribution in [0.2, 0.25) is 0 Å². The predicted octanol–water partition coefficient (Wildman–Crippen LogP) is 1.90. The Kier molecular flexibility index (Phi) is 3.48. The molecule has 1 aromatic rings. The fourth-order valence-electron chi connectivity index (χ4n) is 1.44. The van der Waals surface area contributed by atoms with Gasteiger partial charge in [-0.15, -0.1) is 12.4 Å². The Morgan fingerprint density at radius 2 is 2.36 bits per heavy atom. The Balaban J connectivity index is 0.000000980. The van der Waals surface area contributed by atoms with Gasteiger partial charge in [0.1, 0.15) is 6.23 Å². The fourth-order valence-corrected chi connectivity index (χ4v) is 1.44. The van der Waals surface area contributed by atoms with Gasteiger partial charge in [-0.05, 0) is 19.9 Å². The van der Waals surface area contributed by atoms with Gasteiger partial charge >= 0.3 is 0 Å². The predicted molar refractivity (Wildman–Crippen MR) is 57.4 cm³/mol. The summed E-state index contributed by atoms with van der Waals surface area (Å²) in [6.07, 6.45) is 3.60. The van der Waals surface area contributed by atoms with Gasteiger partial charge in [0, 0.05) is 23.5 Å². The van der Waals surface area contributed by atoms with Crippen molar-refractivity contribution in [2.24, 2.45) is 0 Å². The van der Waals surface area contributed by atoms with E-state index in [-0.39, 0.29) is 24.2 Å². The van der Waals surface area contributed by atoms with E-state index in [1.165, 1.54) is 0 Å². The minimum absolute atomic E-state index is 0. The molecule has 2 rings (SSSR count). The second-order valence-corrected chi connectivity index (χ2v) is 4.01. The quantitative estimate of drug-likeness (QED) is 0.776. The SMILES string of the molecule is CC1(C)COC(c2cccnc2)N1.Cl. The van der Waals surface area contributed by atoms with Crippen molar-refractivity contribution >= 4 is 12.4 Å². The van der Waals surface area contributed by atoms with Gasteiger partial charge in [0.15, 0.2) is 0 Å². The standard InChI is InChI=1S/C10H14N2O.ClH/c1-10(2)7-13-9(12-10)8-4-3-5-11-6-8;/h3-6,9,12H,7H2,1-2H3;1H. The smallest absolute Gasteiger partial charge is 0.136 e. The summed E-state index contributed by atoms with van der Waals surface area (Å²) in [6.45, 7) is 5.00. The molecule has 0 amide bonds. The first kappa shape index (κ1) is 11.4. The second kappa shape index (κ2) is 4.26.